The maximum atomic E-state index is 5.09. The summed E-state index contributed by atoms with van der Waals surface area (Å²) in [5.41, 5.74) is 2.69. The van der Waals surface area contributed by atoms with Gasteiger partial charge in [-0.3, -0.25) is 0 Å². The highest BCUT2D eigenvalue weighted by atomic mass is 28.2. The first-order valence-corrected chi connectivity index (χ1v) is 4.51. The molecule has 0 aromatic heterocycles. The molecule has 58 valence electrons. The molecule has 0 spiro atoms. The minimum atomic E-state index is 0.482. The Morgan fingerprint density at radius 2 is 2.00 bits per heavy atom. The molecule has 1 aromatic carbocycles. The zero-order chi connectivity index (χ0) is 8.27. The van der Waals surface area contributed by atoms with Gasteiger partial charge in [0.05, 0.1) is 0 Å². The Hall–Kier alpha value is -0.603. The van der Waals surface area contributed by atoms with Crippen LogP contribution in [-0.4, -0.2) is 16.9 Å². The third-order valence-corrected chi connectivity index (χ3v) is 2.78. The third-order valence-electron chi connectivity index (χ3n) is 1.82. The molecular weight excluding hydrogens is 152 g/mol. The van der Waals surface area contributed by atoms with Crippen molar-refractivity contribution in [3.8, 4) is 0 Å². The van der Waals surface area contributed by atoms with E-state index < -0.39 is 0 Å². The molecule has 0 saturated heterocycles. The zero-order valence-corrected chi connectivity index (χ0v) is 8.14. The molecular formula is C9H12OSi. The molecule has 0 unspecified atom stereocenters. The third kappa shape index (κ3) is 1.91. The number of hydrogen-bond donors (Lipinski definition) is 0. The van der Waals surface area contributed by atoms with Crippen LogP contribution in [0.5, 0.6) is 0 Å². The standard InChI is InChI=1S/C9H12OSi/c1-7-5-4-6-9(8(7)2)11-10-3/h4-6H,1-3H3. The monoisotopic (exact) mass is 164 g/mol. The van der Waals surface area contributed by atoms with Crippen LogP contribution in [0.3, 0.4) is 0 Å². The summed E-state index contributed by atoms with van der Waals surface area (Å²) in [6.07, 6.45) is 0. The zero-order valence-electron chi connectivity index (χ0n) is 7.14. The van der Waals surface area contributed by atoms with Gasteiger partial charge in [0.15, 0.2) is 0 Å². The van der Waals surface area contributed by atoms with E-state index in [1.807, 2.05) is 0 Å². The lowest BCUT2D eigenvalue weighted by molar-refractivity contribution is 0.450. The molecule has 2 heteroatoms. The van der Waals surface area contributed by atoms with E-state index in [1.165, 1.54) is 16.3 Å². The van der Waals surface area contributed by atoms with Gasteiger partial charge in [-0.2, -0.15) is 0 Å². The summed E-state index contributed by atoms with van der Waals surface area (Å²) in [4.78, 5) is 0. The molecule has 0 N–H and O–H groups in total. The molecule has 0 aliphatic carbocycles. The highest BCUT2D eigenvalue weighted by Gasteiger charge is 2.00. The average molecular weight is 164 g/mol. The van der Waals surface area contributed by atoms with Crippen LogP contribution in [0, 0.1) is 13.8 Å². The van der Waals surface area contributed by atoms with Gasteiger partial charge < -0.3 is 4.43 Å². The Labute approximate surface area is 70.3 Å². The van der Waals surface area contributed by atoms with Gasteiger partial charge in [0.1, 0.15) is 0 Å². The smallest absolute Gasteiger partial charge is 0.268 e. The van der Waals surface area contributed by atoms with Crippen LogP contribution in [0.15, 0.2) is 18.2 Å². The molecule has 0 heterocycles. The fraction of sp³-hybridized carbons (Fsp3) is 0.333. The van der Waals surface area contributed by atoms with Gasteiger partial charge in [0, 0.05) is 7.11 Å². The molecule has 0 aliphatic heterocycles. The maximum Gasteiger partial charge on any atom is 0.268 e. The topological polar surface area (TPSA) is 9.23 Å². The minimum Gasteiger partial charge on any atom is -0.415 e. The SMILES string of the molecule is CO[Si]c1cccc(C)c1C. The van der Waals surface area contributed by atoms with E-state index in [9.17, 15) is 0 Å². The van der Waals surface area contributed by atoms with Crippen molar-refractivity contribution in [3.05, 3.63) is 29.3 Å². The maximum absolute atomic E-state index is 5.09. The van der Waals surface area contributed by atoms with E-state index in [2.05, 4.69) is 32.0 Å². The second-order valence-corrected chi connectivity index (χ2v) is 3.70. The summed E-state index contributed by atoms with van der Waals surface area (Å²) in [5.74, 6) is 0. The van der Waals surface area contributed by atoms with Gasteiger partial charge >= 0.3 is 0 Å². The van der Waals surface area contributed by atoms with E-state index in [1.54, 1.807) is 7.11 Å². The lowest BCUT2D eigenvalue weighted by atomic mass is 10.1. The van der Waals surface area contributed by atoms with E-state index in [0.717, 1.165) is 0 Å². The first kappa shape index (κ1) is 8.49. The normalized spacial score (nSPS) is 10.1. The van der Waals surface area contributed by atoms with Crippen molar-refractivity contribution in [1.82, 2.24) is 0 Å². The Kier molecular flexibility index (Phi) is 2.85. The second kappa shape index (κ2) is 3.69. The molecule has 0 fully saturated rings. The second-order valence-electron chi connectivity index (χ2n) is 2.55. The van der Waals surface area contributed by atoms with Crippen molar-refractivity contribution in [2.45, 2.75) is 13.8 Å². The summed E-state index contributed by atoms with van der Waals surface area (Å²) < 4.78 is 5.09. The Morgan fingerprint density at radius 1 is 1.27 bits per heavy atom. The summed E-state index contributed by atoms with van der Waals surface area (Å²) in [5, 5.41) is 1.31. The minimum absolute atomic E-state index is 0.482. The molecule has 11 heavy (non-hydrogen) atoms. The van der Waals surface area contributed by atoms with Gasteiger partial charge in [0.25, 0.3) is 9.76 Å². The highest BCUT2D eigenvalue weighted by molar-refractivity contribution is 6.47. The fourth-order valence-corrected chi connectivity index (χ4v) is 1.71. The number of aryl methyl sites for hydroxylation is 1. The van der Waals surface area contributed by atoms with E-state index in [0.29, 0.717) is 9.76 Å². The summed E-state index contributed by atoms with van der Waals surface area (Å²) in [7, 11) is 2.22. The van der Waals surface area contributed by atoms with Crippen molar-refractivity contribution in [2.75, 3.05) is 7.11 Å². The van der Waals surface area contributed by atoms with Gasteiger partial charge in [-0.15, -0.1) is 0 Å². The van der Waals surface area contributed by atoms with E-state index in [4.69, 9.17) is 4.43 Å². The lowest BCUT2D eigenvalue weighted by Crippen LogP contribution is -2.19. The van der Waals surface area contributed by atoms with Gasteiger partial charge in [0.2, 0.25) is 0 Å². The molecule has 0 aliphatic rings. The number of rotatable bonds is 2. The summed E-state index contributed by atoms with van der Waals surface area (Å²) >= 11 is 0. The molecule has 0 amide bonds. The van der Waals surface area contributed by atoms with Crippen LogP contribution >= 0.6 is 0 Å². The first-order valence-electron chi connectivity index (χ1n) is 3.61. The summed E-state index contributed by atoms with van der Waals surface area (Å²) in [6.45, 7) is 4.26. The van der Waals surface area contributed by atoms with Crippen LogP contribution in [0.2, 0.25) is 0 Å². The van der Waals surface area contributed by atoms with Gasteiger partial charge in [-0.05, 0) is 30.2 Å². The van der Waals surface area contributed by atoms with Crippen molar-refractivity contribution < 1.29 is 4.43 Å². The van der Waals surface area contributed by atoms with Crippen LogP contribution in [-0.2, 0) is 4.43 Å². The predicted octanol–water partition coefficient (Wildman–Crippen LogP) is 1.19. The van der Waals surface area contributed by atoms with Crippen LogP contribution in [0.4, 0.5) is 0 Å². The van der Waals surface area contributed by atoms with E-state index in [-0.39, 0.29) is 0 Å². The Morgan fingerprint density at radius 3 is 2.64 bits per heavy atom. The number of hydrogen-bond acceptors (Lipinski definition) is 1. The predicted molar refractivity (Wildman–Crippen MR) is 48.3 cm³/mol. The molecule has 2 radical (unpaired) electrons. The van der Waals surface area contributed by atoms with Crippen LogP contribution in [0.25, 0.3) is 0 Å². The van der Waals surface area contributed by atoms with Gasteiger partial charge in [-0.25, -0.2) is 0 Å². The molecule has 1 rings (SSSR count). The number of benzene rings is 1. The first-order chi connectivity index (χ1) is 5.25. The Bertz CT molecular complexity index is 245. The largest absolute Gasteiger partial charge is 0.415 e. The van der Waals surface area contributed by atoms with Crippen molar-refractivity contribution in [1.29, 1.82) is 0 Å². The fourth-order valence-electron chi connectivity index (χ4n) is 0.972. The highest BCUT2D eigenvalue weighted by Crippen LogP contribution is 2.01. The quantitative estimate of drug-likeness (QED) is 0.597. The molecule has 1 aromatic rings. The average Bonchev–Trinajstić information content (AvgIpc) is 1.99. The van der Waals surface area contributed by atoms with Crippen LogP contribution < -0.4 is 5.19 Å². The van der Waals surface area contributed by atoms with Gasteiger partial charge in [-0.1, -0.05) is 18.2 Å². The lowest BCUT2D eigenvalue weighted by Gasteiger charge is -2.04. The Balaban J connectivity index is 2.96. The molecule has 0 bridgehead atoms. The molecule has 0 saturated carbocycles. The van der Waals surface area contributed by atoms with Crippen molar-refractivity contribution in [2.24, 2.45) is 0 Å². The molecule has 1 nitrogen and oxygen atoms in total. The van der Waals surface area contributed by atoms with Crippen molar-refractivity contribution >= 4 is 14.9 Å². The van der Waals surface area contributed by atoms with E-state index >= 15 is 0 Å². The van der Waals surface area contributed by atoms with Crippen LogP contribution in [0.1, 0.15) is 11.1 Å². The van der Waals surface area contributed by atoms with Crippen molar-refractivity contribution in [3.63, 3.8) is 0 Å². The molecule has 0 atom stereocenters. The summed E-state index contributed by atoms with van der Waals surface area (Å²) in [6, 6.07) is 6.31.